The fraction of sp³-hybridized carbons (Fsp3) is 0.314. The van der Waals surface area contributed by atoms with Gasteiger partial charge in [-0.2, -0.15) is 8.42 Å². The highest BCUT2D eigenvalue weighted by Gasteiger charge is 2.25. The van der Waals surface area contributed by atoms with Gasteiger partial charge in [0, 0.05) is 27.8 Å². The van der Waals surface area contributed by atoms with Crippen LogP contribution in [0.15, 0.2) is 89.8 Å². The van der Waals surface area contributed by atoms with Gasteiger partial charge in [0.05, 0.1) is 0 Å². The monoisotopic (exact) mass is 589 g/mol. The number of fused-ring (bicyclic) bond motifs is 3. The van der Waals surface area contributed by atoms with Crippen LogP contribution in [0.25, 0.3) is 25.1 Å². The van der Waals surface area contributed by atoms with Gasteiger partial charge in [-0.15, -0.1) is 0 Å². The van der Waals surface area contributed by atoms with Gasteiger partial charge in [0.15, 0.2) is 14.3 Å². The SMILES string of the molecule is CC(C)c1cc(C(C)C)c(S(=O)(=O)O)c(C(C)C)c1.OCCc1ccc(-[s+]2c3ccccc3c3ccccc32)cc1. The fourth-order valence-electron chi connectivity index (χ4n) is 5.22. The Hall–Kier alpha value is -3.03. The summed E-state index contributed by atoms with van der Waals surface area (Å²) < 4.78 is 35.8. The molecule has 216 valence electrons. The normalized spacial score (nSPS) is 12.0. The van der Waals surface area contributed by atoms with Crippen molar-refractivity contribution >= 4 is 40.8 Å². The highest BCUT2D eigenvalue weighted by Crippen LogP contribution is 2.48. The number of benzene rings is 4. The molecule has 0 unspecified atom stereocenters. The van der Waals surface area contributed by atoms with E-state index in [9.17, 15) is 13.0 Å². The molecular formula is C35H41O4S2+. The van der Waals surface area contributed by atoms with Crippen LogP contribution in [0.3, 0.4) is 0 Å². The molecule has 0 aliphatic rings. The van der Waals surface area contributed by atoms with E-state index in [0.29, 0.717) is 17.0 Å². The summed E-state index contributed by atoms with van der Waals surface area (Å²) in [5, 5.41) is 11.8. The van der Waals surface area contributed by atoms with Crippen molar-refractivity contribution in [2.45, 2.75) is 70.6 Å². The first-order valence-corrected chi connectivity index (χ1v) is 16.9. The van der Waals surface area contributed by atoms with Gasteiger partial charge in [0.25, 0.3) is 10.1 Å². The highest BCUT2D eigenvalue weighted by molar-refractivity contribution is 7.86. The number of hydrogen-bond acceptors (Lipinski definition) is 3. The van der Waals surface area contributed by atoms with E-state index in [1.165, 1.54) is 30.6 Å². The third-order valence-electron chi connectivity index (χ3n) is 7.40. The summed E-state index contributed by atoms with van der Waals surface area (Å²) in [5.41, 5.74) is 3.71. The van der Waals surface area contributed by atoms with E-state index in [0.717, 1.165) is 12.0 Å². The van der Waals surface area contributed by atoms with Crippen molar-refractivity contribution < 1.29 is 18.1 Å². The molecule has 0 fully saturated rings. The van der Waals surface area contributed by atoms with Crippen molar-refractivity contribution in [3.8, 4) is 4.90 Å². The van der Waals surface area contributed by atoms with E-state index in [1.54, 1.807) is 0 Å². The van der Waals surface area contributed by atoms with Gasteiger partial charge in [-0.1, -0.05) is 90.1 Å². The van der Waals surface area contributed by atoms with Crippen molar-refractivity contribution in [1.82, 2.24) is 0 Å². The molecule has 0 atom stereocenters. The molecule has 2 N–H and O–H groups in total. The summed E-state index contributed by atoms with van der Waals surface area (Å²) in [6, 6.07) is 30.0. The Labute approximate surface area is 247 Å². The van der Waals surface area contributed by atoms with Crippen LogP contribution in [0.5, 0.6) is 0 Å². The number of aliphatic hydroxyl groups is 1. The Morgan fingerprint density at radius 3 is 1.54 bits per heavy atom. The Kier molecular flexibility index (Phi) is 9.70. The smallest absolute Gasteiger partial charge is 0.295 e. The molecule has 4 nitrogen and oxygen atoms in total. The zero-order valence-electron chi connectivity index (χ0n) is 24.8. The second kappa shape index (κ2) is 12.9. The zero-order valence-corrected chi connectivity index (χ0v) is 26.4. The molecule has 0 amide bonds. The molecule has 5 aromatic rings. The molecule has 4 aromatic carbocycles. The minimum absolute atomic E-state index is 0.0153. The zero-order chi connectivity index (χ0) is 29.9. The van der Waals surface area contributed by atoms with Crippen LogP contribution in [-0.4, -0.2) is 24.7 Å². The average molecular weight is 590 g/mol. The summed E-state index contributed by atoms with van der Waals surface area (Å²) in [6.07, 6.45) is 0.723. The van der Waals surface area contributed by atoms with Gasteiger partial charge < -0.3 is 5.11 Å². The molecule has 5 rings (SSSR count). The van der Waals surface area contributed by atoms with E-state index in [4.69, 9.17) is 5.11 Å². The summed E-state index contributed by atoms with van der Waals surface area (Å²) in [7, 11) is -4.21. The van der Waals surface area contributed by atoms with Crippen molar-refractivity contribution in [2.24, 2.45) is 0 Å². The third-order valence-corrected chi connectivity index (χ3v) is 10.7. The molecule has 41 heavy (non-hydrogen) atoms. The van der Waals surface area contributed by atoms with Crippen LogP contribution in [0.2, 0.25) is 0 Å². The molecule has 0 saturated carbocycles. The molecule has 6 heteroatoms. The van der Waals surface area contributed by atoms with Crippen LogP contribution in [-0.2, 0) is 16.5 Å². The van der Waals surface area contributed by atoms with Crippen LogP contribution < -0.4 is 0 Å². The standard InChI is InChI=1S/C20H17OS.C15H24O3S/c21-14-13-15-9-11-16(12-10-15)22-19-7-3-1-5-17(19)18-6-2-4-8-20(18)22;1-9(2)12-7-13(10(3)4)15(19(16,17)18)14(8-12)11(5)6/h1-12,21H,13-14H2;7-11H,1-6H3,(H,16,17,18)/q+1;. The maximum Gasteiger partial charge on any atom is 0.295 e. The molecule has 0 bridgehead atoms. The molecular weight excluding hydrogens is 549 g/mol. The highest BCUT2D eigenvalue weighted by atomic mass is 32.2. The van der Waals surface area contributed by atoms with Gasteiger partial charge in [0.1, 0.15) is 4.90 Å². The van der Waals surface area contributed by atoms with E-state index in [1.807, 2.05) is 39.8 Å². The summed E-state index contributed by atoms with van der Waals surface area (Å²) in [4.78, 5) is 1.45. The first-order chi connectivity index (χ1) is 19.4. The predicted octanol–water partition coefficient (Wildman–Crippen LogP) is 9.57. The Balaban J connectivity index is 0.000000192. The Bertz CT molecular complexity index is 1660. The lowest BCUT2D eigenvalue weighted by molar-refractivity contribution is 0.299. The number of aliphatic hydroxyl groups excluding tert-OH is 1. The van der Waals surface area contributed by atoms with Crippen LogP contribution >= 0.6 is 10.5 Å². The summed E-state index contributed by atoms with van der Waals surface area (Å²) >= 11 is 0. The number of hydrogen-bond donors (Lipinski definition) is 2. The van der Waals surface area contributed by atoms with Crippen LogP contribution in [0.4, 0.5) is 0 Å². The lowest BCUT2D eigenvalue weighted by atomic mass is 9.89. The molecule has 0 aliphatic carbocycles. The average Bonchev–Trinajstić information content (AvgIpc) is 3.27. The summed E-state index contributed by atoms with van der Waals surface area (Å²) in [5.74, 6) is 0.423. The molecule has 0 radical (unpaired) electrons. The van der Waals surface area contributed by atoms with E-state index >= 15 is 0 Å². The van der Waals surface area contributed by atoms with Crippen LogP contribution in [0, 0.1) is 0 Å². The lowest BCUT2D eigenvalue weighted by Crippen LogP contribution is -2.11. The van der Waals surface area contributed by atoms with Gasteiger partial charge in [-0.3, -0.25) is 4.55 Å². The minimum atomic E-state index is -4.20. The van der Waals surface area contributed by atoms with Crippen molar-refractivity contribution in [2.75, 3.05) is 6.61 Å². The maximum atomic E-state index is 11.7. The van der Waals surface area contributed by atoms with Crippen molar-refractivity contribution in [1.29, 1.82) is 0 Å². The first-order valence-electron chi connectivity index (χ1n) is 14.2. The van der Waals surface area contributed by atoms with E-state index < -0.39 is 10.1 Å². The van der Waals surface area contributed by atoms with Crippen molar-refractivity contribution in [3.05, 3.63) is 107 Å². The molecule has 0 spiro atoms. The summed E-state index contributed by atoms with van der Waals surface area (Å²) in [6.45, 7) is 12.1. The van der Waals surface area contributed by atoms with Gasteiger partial charge in [-0.25, -0.2) is 0 Å². The molecule has 0 saturated heterocycles. The molecule has 1 heterocycles. The van der Waals surface area contributed by atoms with Gasteiger partial charge in [0.2, 0.25) is 0 Å². The largest absolute Gasteiger partial charge is 0.396 e. The Morgan fingerprint density at radius 2 is 1.15 bits per heavy atom. The van der Waals surface area contributed by atoms with E-state index in [2.05, 4.69) is 86.6 Å². The van der Waals surface area contributed by atoms with Gasteiger partial charge in [-0.05, 0) is 82.8 Å². The predicted molar refractivity (Wildman–Crippen MR) is 175 cm³/mol. The van der Waals surface area contributed by atoms with Gasteiger partial charge >= 0.3 is 0 Å². The lowest BCUT2D eigenvalue weighted by Gasteiger charge is -2.20. The second-order valence-electron chi connectivity index (χ2n) is 11.4. The van der Waals surface area contributed by atoms with Crippen molar-refractivity contribution in [3.63, 3.8) is 0 Å². The number of thiophene rings is 1. The second-order valence-corrected chi connectivity index (χ2v) is 14.7. The first kappa shape index (κ1) is 30.9. The topological polar surface area (TPSA) is 74.6 Å². The minimum Gasteiger partial charge on any atom is -0.396 e. The fourth-order valence-corrected chi connectivity index (χ4v) is 8.78. The quantitative estimate of drug-likeness (QED) is 0.146. The third kappa shape index (κ3) is 6.73. The maximum absolute atomic E-state index is 11.7. The van der Waals surface area contributed by atoms with E-state index in [-0.39, 0.29) is 33.8 Å². The Morgan fingerprint density at radius 1 is 0.683 bits per heavy atom. The molecule has 1 aromatic heterocycles. The van der Waals surface area contributed by atoms with Crippen LogP contribution in [0.1, 0.15) is 81.5 Å². The molecule has 0 aliphatic heterocycles. The number of rotatable bonds is 7.